The minimum atomic E-state index is -4.49. The van der Waals surface area contributed by atoms with E-state index in [0.29, 0.717) is 29.7 Å². The number of pyridine rings is 1. The molecule has 2 unspecified atom stereocenters. The van der Waals surface area contributed by atoms with E-state index in [2.05, 4.69) is 43.0 Å². The lowest BCUT2D eigenvalue weighted by Crippen LogP contribution is -2.12. The van der Waals surface area contributed by atoms with E-state index in [4.69, 9.17) is 4.74 Å². The molecule has 1 N–H and O–H groups in total. The van der Waals surface area contributed by atoms with E-state index in [1.54, 1.807) is 18.3 Å². The van der Waals surface area contributed by atoms with Gasteiger partial charge in [-0.3, -0.25) is 0 Å². The Morgan fingerprint density at radius 2 is 1.85 bits per heavy atom. The Labute approximate surface area is 202 Å². The Balaban J connectivity index is 1.56. The predicted molar refractivity (Wildman–Crippen MR) is 130 cm³/mol. The molecule has 4 rings (SSSR count). The van der Waals surface area contributed by atoms with Crippen LogP contribution in [0.5, 0.6) is 11.6 Å². The zero-order valence-electron chi connectivity index (χ0n) is 19.9. The van der Waals surface area contributed by atoms with Crippen molar-refractivity contribution >= 4 is 22.2 Å². The van der Waals surface area contributed by atoms with Crippen molar-refractivity contribution in [3.8, 4) is 11.6 Å². The van der Waals surface area contributed by atoms with Crippen molar-refractivity contribution in [2.24, 2.45) is 11.8 Å². The Bertz CT molecular complexity index is 1140. The van der Waals surface area contributed by atoms with Crippen molar-refractivity contribution in [2.75, 3.05) is 5.32 Å². The third-order valence-corrected chi connectivity index (χ3v) is 7.17. The van der Waals surface area contributed by atoms with Crippen LogP contribution in [0, 0.1) is 11.8 Å². The van der Waals surface area contributed by atoms with E-state index in [1.807, 2.05) is 24.3 Å². The molecule has 182 valence electrons. The first-order chi connectivity index (χ1) is 16.0. The van der Waals surface area contributed by atoms with E-state index < -0.39 is 11.9 Å². The largest absolute Gasteiger partial charge is 0.437 e. The standard InChI is InChI=1S/C26H30F3N3OS/c1-16-15-17(16)9-7-13-21-22(26(27,28)29)32-24(34-21)31-19-11-8-14-30-23(19)33-20-12-6-5-10-18(20)25(2,3)4/h5-6,8,10-12,14,16-17H,7,9,13,15H2,1-4H3,(H,31,32). The van der Waals surface area contributed by atoms with Gasteiger partial charge in [0, 0.05) is 16.6 Å². The van der Waals surface area contributed by atoms with Crippen molar-refractivity contribution in [1.82, 2.24) is 9.97 Å². The third-order valence-electron chi connectivity index (χ3n) is 6.14. The van der Waals surface area contributed by atoms with E-state index in [0.717, 1.165) is 29.7 Å². The molecule has 1 aliphatic rings. The van der Waals surface area contributed by atoms with Crippen LogP contribution in [0.2, 0.25) is 0 Å². The molecule has 1 aromatic carbocycles. The van der Waals surface area contributed by atoms with Crippen molar-refractivity contribution in [3.05, 3.63) is 58.7 Å². The number of aryl methyl sites for hydroxylation is 1. The minimum absolute atomic E-state index is 0.150. The van der Waals surface area contributed by atoms with Gasteiger partial charge >= 0.3 is 6.18 Å². The van der Waals surface area contributed by atoms with E-state index in [9.17, 15) is 13.2 Å². The SMILES string of the molecule is CC1CC1CCCc1sc(Nc2cccnc2Oc2ccccc2C(C)(C)C)nc1C(F)(F)F. The van der Waals surface area contributed by atoms with Crippen molar-refractivity contribution in [1.29, 1.82) is 0 Å². The number of anilines is 2. The summed E-state index contributed by atoms with van der Waals surface area (Å²) in [5, 5.41) is 3.21. The summed E-state index contributed by atoms with van der Waals surface area (Å²) < 4.78 is 47.1. The lowest BCUT2D eigenvalue weighted by Gasteiger charge is -2.22. The van der Waals surface area contributed by atoms with E-state index in [1.165, 1.54) is 6.42 Å². The van der Waals surface area contributed by atoms with Gasteiger partial charge in [-0.2, -0.15) is 13.2 Å². The number of hydrogen-bond donors (Lipinski definition) is 1. The zero-order chi connectivity index (χ0) is 24.5. The highest BCUT2D eigenvalue weighted by Gasteiger charge is 2.38. The van der Waals surface area contributed by atoms with Crippen LogP contribution in [0.1, 0.15) is 63.1 Å². The van der Waals surface area contributed by atoms with Crippen LogP contribution >= 0.6 is 11.3 Å². The van der Waals surface area contributed by atoms with Gasteiger partial charge in [0.25, 0.3) is 0 Å². The maximum Gasteiger partial charge on any atom is 0.434 e. The molecule has 2 heterocycles. The van der Waals surface area contributed by atoms with E-state index in [-0.39, 0.29) is 21.3 Å². The Morgan fingerprint density at radius 3 is 2.53 bits per heavy atom. The minimum Gasteiger partial charge on any atom is -0.437 e. The first kappa shape index (κ1) is 24.5. The molecule has 2 aromatic heterocycles. The number of para-hydroxylation sites is 1. The summed E-state index contributed by atoms with van der Waals surface area (Å²) in [5.41, 5.74) is 0.524. The fourth-order valence-corrected chi connectivity index (χ4v) is 5.12. The molecule has 0 radical (unpaired) electrons. The maximum atomic E-state index is 13.7. The summed E-state index contributed by atoms with van der Waals surface area (Å²) in [6.45, 7) is 8.46. The normalized spacial score (nSPS) is 18.1. The van der Waals surface area contributed by atoms with Gasteiger partial charge in [0.2, 0.25) is 5.88 Å². The Hall–Kier alpha value is -2.61. The second-order valence-electron chi connectivity index (χ2n) is 9.98. The number of aromatic nitrogens is 2. The summed E-state index contributed by atoms with van der Waals surface area (Å²) >= 11 is 1.05. The first-order valence-electron chi connectivity index (χ1n) is 11.6. The summed E-state index contributed by atoms with van der Waals surface area (Å²) in [6.07, 6.45) is 0.375. The molecule has 34 heavy (non-hydrogen) atoms. The van der Waals surface area contributed by atoms with Crippen LogP contribution in [-0.4, -0.2) is 9.97 Å². The van der Waals surface area contributed by atoms with Gasteiger partial charge in [-0.15, -0.1) is 11.3 Å². The molecule has 2 atom stereocenters. The molecule has 1 saturated carbocycles. The highest BCUT2D eigenvalue weighted by Crippen LogP contribution is 2.43. The van der Waals surface area contributed by atoms with Crippen molar-refractivity contribution in [2.45, 2.75) is 65.0 Å². The van der Waals surface area contributed by atoms with Crippen molar-refractivity contribution < 1.29 is 17.9 Å². The number of thiazole rings is 1. The first-order valence-corrected chi connectivity index (χ1v) is 12.4. The fraction of sp³-hybridized carbons (Fsp3) is 0.462. The predicted octanol–water partition coefficient (Wildman–Crippen LogP) is 8.37. The van der Waals surface area contributed by atoms with Crippen LogP contribution < -0.4 is 10.1 Å². The smallest absolute Gasteiger partial charge is 0.434 e. The van der Waals surface area contributed by atoms with E-state index >= 15 is 0 Å². The summed E-state index contributed by atoms with van der Waals surface area (Å²) in [5.74, 6) is 2.30. The summed E-state index contributed by atoms with van der Waals surface area (Å²) in [7, 11) is 0. The van der Waals surface area contributed by atoms with Crippen molar-refractivity contribution in [3.63, 3.8) is 0 Å². The van der Waals surface area contributed by atoms with Crippen LogP contribution in [0.3, 0.4) is 0 Å². The molecule has 0 bridgehead atoms. The Kier molecular flexibility index (Phi) is 6.90. The number of rotatable bonds is 8. The average Bonchev–Trinajstić information content (AvgIpc) is 3.29. The second kappa shape index (κ2) is 9.56. The molecular formula is C26H30F3N3OS. The molecule has 0 amide bonds. The van der Waals surface area contributed by atoms with Gasteiger partial charge in [-0.1, -0.05) is 45.9 Å². The van der Waals surface area contributed by atoms with Crippen LogP contribution in [-0.2, 0) is 18.0 Å². The number of ether oxygens (including phenoxy) is 1. The van der Waals surface area contributed by atoms with Gasteiger partial charge in [0.15, 0.2) is 10.8 Å². The molecule has 4 nitrogen and oxygen atoms in total. The second-order valence-corrected chi connectivity index (χ2v) is 11.1. The van der Waals surface area contributed by atoms with Gasteiger partial charge in [-0.25, -0.2) is 9.97 Å². The van der Waals surface area contributed by atoms with Gasteiger partial charge < -0.3 is 10.1 Å². The summed E-state index contributed by atoms with van der Waals surface area (Å²) in [6, 6.07) is 11.1. The molecular weight excluding hydrogens is 459 g/mol. The van der Waals surface area contributed by atoms with Gasteiger partial charge in [0.05, 0.1) is 0 Å². The lowest BCUT2D eigenvalue weighted by molar-refractivity contribution is -0.141. The molecule has 0 aliphatic heterocycles. The maximum absolute atomic E-state index is 13.7. The van der Waals surface area contributed by atoms with Crippen LogP contribution in [0.25, 0.3) is 0 Å². The molecule has 3 aromatic rings. The number of alkyl halides is 3. The molecule has 0 saturated heterocycles. The zero-order valence-corrected chi connectivity index (χ0v) is 20.7. The van der Waals surface area contributed by atoms with Gasteiger partial charge in [0.1, 0.15) is 11.4 Å². The topological polar surface area (TPSA) is 47.0 Å². The fourth-order valence-electron chi connectivity index (χ4n) is 4.08. The number of nitrogens with zero attached hydrogens (tertiary/aromatic N) is 2. The highest BCUT2D eigenvalue weighted by molar-refractivity contribution is 7.15. The Morgan fingerprint density at radius 1 is 1.12 bits per heavy atom. The number of nitrogens with one attached hydrogen (secondary N) is 1. The van der Waals surface area contributed by atoms with Gasteiger partial charge in [-0.05, 0) is 61.1 Å². The van der Waals surface area contributed by atoms with Crippen LogP contribution in [0.15, 0.2) is 42.6 Å². The monoisotopic (exact) mass is 489 g/mol. The number of hydrogen-bond acceptors (Lipinski definition) is 5. The lowest BCUT2D eigenvalue weighted by atomic mass is 9.86. The highest BCUT2D eigenvalue weighted by atomic mass is 32.1. The van der Waals surface area contributed by atoms with Crippen LogP contribution in [0.4, 0.5) is 24.0 Å². The summed E-state index contributed by atoms with van der Waals surface area (Å²) in [4.78, 5) is 8.50. The average molecular weight is 490 g/mol. The number of halogens is 3. The number of benzene rings is 1. The molecule has 8 heteroatoms. The molecule has 1 aliphatic carbocycles. The molecule has 0 spiro atoms. The molecule has 1 fully saturated rings. The third kappa shape index (κ3) is 5.90. The quantitative estimate of drug-likeness (QED) is 0.345.